The van der Waals surface area contributed by atoms with Crippen LogP contribution < -0.4 is 5.73 Å². The van der Waals surface area contributed by atoms with E-state index in [9.17, 15) is 19.3 Å². The van der Waals surface area contributed by atoms with E-state index >= 15 is 0 Å². The van der Waals surface area contributed by atoms with Crippen molar-refractivity contribution in [3.8, 4) is 0 Å². The van der Waals surface area contributed by atoms with E-state index in [0.29, 0.717) is 16.6 Å². The Bertz CT molecular complexity index is 565. The molecule has 2 N–H and O–H groups in total. The van der Waals surface area contributed by atoms with Gasteiger partial charge >= 0.3 is 12.0 Å². The number of rotatable bonds is 4. The van der Waals surface area contributed by atoms with Gasteiger partial charge in [-0.05, 0) is 32.9 Å². The van der Waals surface area contributed by atoms with Crippen molar-refractivity contribution < 1.29 is 19.1 Å². The number of amides is 3. The maximum absolute atomic E-state index is 12.2. The highest BCUT2D eigenvalue weighted by atomic mass is 32.2. The molecule has 2 aliphatic rings. The lowest BCUT2D eigenvalue weighted by molar-refractivity contribution is -0.137. The number of nitrogens with zero attached hydrogens (tertiary/aromatic N) is 4. The van der Waals surface area contributed by atoms with E-state index < -0.39 is 6.03 Å². The fourth-order valence-electron chi connectivity index (χ4n) is 2.36. The molecular formula is C15H25N5O5S. The summed E-state index contributed by atoms with van der Waals surface area (Å²) in [6.07, 6.45) is 4.94. The molecule has 2 rings (SSSR count). The Balaban J connectivity index is 0.000000412. The zero-order valence-electron chi connectivity index (χ0n) is 15.2. The molecule has 0 saturated carbocycles. The van der Waals surface area contributed by atoms with Gasteiger partial charge in [0.1, 0.15) is 5.37 Å². The van der Waals surface area contributed by atoms with Crippen molar-refractivity contribution in [2.24, 2.45) is 11.0 Å². The lowest BCUT2D eigenvalue weighted by Crippen LogP contribution is -2.42. The Kier molecular flexibility index (Phi) is 9.07. The first kappa shape index (κ1) is 21.9. The lowest BCUT2D eigenvalue weighted by atomic mass is 10.1. The number of thioether (sulfide) groups is 1. The Morgan fingerprint density at radius 3 is 2.46 bits per heavy atom. The zero-order chi connectivity index (χ0) is 19.7. The molecule has 0 aromatic heterocycles. The number of hydrogen-bond donors (Lipinski definition) is 1. The highest BCUT2D eigenvalue weighted by Gasteiger charge is 2.39. The monoisotopic (exact) mass is 387 g/mol. The minimum Gasteiger partial charge on any atom is -0.463 e. The van der Waals surface area contributed by atoms with Crippen molar-refractivity contribution in [2.75, 3.05) is 33.8 Å². The fourth-order valence-corrected chi connectivity index (χ4v) is 3.62. The van der Waals surface area contributed by atoms with Crippen LogP contribution in [0.15, 0.2) is 16.4 Å². The van der Waals surface area contributed by atoms with Crippen molar-refractivity contribution in [1.29, 1.82) is 0 Å². The fraction of sp³-hybridized carbons (Fsp3) is 0.667. The second-order valence-corrected chi connectivity index (χ2v) is 6.74. The summed E-state index contributed by atoms with van der Waals surface area (Å²) in [6, 6.07) is -0.852. The number of carbonyl (C=O) groups is 3. The molecule has 2 heterocycles. The van der Waals surface area contributed by atoms with Crippen LogP contribution in [-0.2, 0) is 14.3 Å². The van der Waals surface area contributed by atoms with Crippen LogP contribution in [0.25, 0.3) is 0 Å². The van der Waals surface area contributed by atoms with Crippen molar-refractivity contribution in [1.82, 2.24) is 14.8 Å². The summed E-state index contributed by atoms with van der Waals surface area (Å²) >= 11 is 1.45. The van der Waals surface area contributed by atoms with E-state index in [-0.39, 0.29) is 17.3 Å². The number of piperidine rings is 1. The smallest absolute Gasteiger partial charge is 0.337 e. The van der Waals surface area contributed by atoms with Gasteiger partial charge in [0.2, 0.25) is 0 Å². The van der Waals surface area contributed by atoms with Crippen LogP contribution in [0.5, 0.6) is 0 Å². The first-order valence-electron chi connectivity index (χ1n) is 8.25. The Morgan fingerprint density at radius 2 is 2.00 bits per heavy atom. The van der Waals surface area contributed by atoms with Gasteiger partial charge in [-0.2, -0.15) is 5.01 Å². The molecule has 0 bridgehead atoms. The molecule has 2 aliphatic heterocycles. The molecule has 26 heavy (non-hydrogen) atoms. The maximum Gasteiger partial charge on any atom is 0.337 e. The summed E-state index contributed by atoms with van der Waals surface area (Å²) in [5, 5.41) is 3.20. The highest BCUT2D eigenvalue weighted by molar-refractivity contribution is 8.04. The third kappa shape index (κ3) is 6.30. The molecule has 0 spiro atoms. The van der Waals surface area contributed by atoms with Crippen LogP contribution in [0.3, 0.4) is 0 Å². The van der Waals surface area contributed by atoms with Crippen LogP contribution in [0.2, 0.25) is 0 Å². The molecule has 0 aliphatic carbocycles. The normalized spacial score (nSPS) is 21.8. The molecule has 0 aromatic carbocycles. The Hall–Kier alpha value is -2.14. The molecule has 2 fully saturated rings. The molecule has 146 valence electrons. The first-order valence-corrected chi connectivity index (χ1v) is 9.12. The van der Waals surface area contributed by atoms with E-state index in [4.69, 9.17) is 4.74 Å². The molecule has 11 heteroatoms. The Labute approximate surface area is 156 Å². The van der Waals surface area contributed by atoms with Gasteiger partial charge in [0, 0.05) is 14.1 Å². The number of likely N-dealkylation sites (tertiary alicyclic amines) is 1. The van der Waals surface area contributed by atoms with E-state index in [2.05, 4.69) is 15.9 Å². The average molecular weight is 387 g/mol. The van der Waals surface area contributed by atoms with Gasteiger partial charge in [-0.15, -0.1) is 4.91 Å². The summed E-state index contributed by atoms with van der Waals surface area (Å²) in [4.78, 5) is 46.6. The SMILES string of the molecule is CCOC(=O)C=C1SC(N2CCCCC2)C(=O)N1C.CN(N=O)C(N)=O. The number of nitrogens with two attached hydrogens (primary N) is 1. The van der Waals surface area contributed by atoms with Gasteiger partial charge < -0.3 is 15.4 Å². The predicted molar refractivity (Wildman–Crippen MR) is 97.4 cm³/mol. The Morgan fingerprint density at radius 1 is 1.38 bits per heavy atom. The molecule has 0 radical (unpaired) electrons. The minimum absolute atomic E-state index is 0.0578. The van der Waals surface area contributed by atoms with Gasteiger partial charge in [0.05, 0.1) is 23.0 Å². The van der Waals surface area contributed by atoms with Crippen molar-refractivity contribution >= 4 is 29.7 Å². The average Bonchev–Trinajstić information content (AvgIpc) is 2.91. The second-order valence-electron chi connectivity index (χ2n) is 5.64. The van der Waals surface area contributed by atoms with Crippen molar-refractivity contribution in [3.05, 3.63) is 16.0 Å². The van der Waals surface area contributed by atoms with Gasteiger partial charge in [-0.1, -0.05) is 18.2 Å². The second kappa shape index (κ2) is 10.8. The largest absolute Gasteiger partial charge is 0.463 e. The number of hydrogen-bond acceptors (Lipinski definition) is 8. The number of esters is 1. The summed E-state index contributed by atoms with van der Waals surface area (Å²) in [6.45, 7) is 4.04. The summed E-state index contributed by atoms with van der Waals surface area (Å²) in [5.74, 6) is -0.327. The highest BCUT2D eigenvalue weighted by Crippen LogP contribution is 2.36. The van der Waals surface area contributed by atoms with Crippen LogP contribution in [0.4, 0.5) is 4.79 Å². The maximum atomic E-state index is 12.2. The quantitative estimate of drug-likeness (QED) is 0.331. The number of likely N-dealkylation sites (N-methyl/N-ethyl adjacent to an activating group) is 1. The van der Waals surface area contributed by atoms with E-state index in [0.717, 1.165) is 25.9 Å². The first-order chi connectivity index (χ1) is 12.3. The van der Waals surface area contributed by atoms with Crippen molar-refractivity contribution in [2.45, 2.75) is 31.6 Å². The molecule has 1 atom stereocenters. The summed E-state index contributed by atoms with van der Waals surface area (Å²) < 4.78 is 4.89. The topological polar surface area (TPSA) is 126 Å². The number of urea groups is 1. The summed E-state index contributed by atoms with van der Waals surface area (Å²) in [7, 11) is 2.89. The van der Waals surface area contributed by atoms with Gasteiger partial charge in [-0.25, -0.2) is 9.59 Å². The van der Waals surface area contributed by atoms with Crippen LogP contribution in [0, 0.1) is 4.91 Å². The molecular weight excluding hydrogens is 362 g/mol. The van der Waals surface area contributed by atoms with Gasteiger partial charge in [-0.3, -0.25) is 9.69 Å². The minimum atomic E-state index is -0.852. The molecule has 2 saturated heterocycles. The third-order valence-electron chi connectivity index (χ3n) is 3.80. The lowest BCUT2D eigenvalue weighted by Gasteiger charge is -2.29. The zero-order valence-corrected chi connectivity index (χ0v) is 16.0. The molecule has 0 aromatic rings. The van der Waals surface area contributed by atoms with E-state index in [1.807, 2.05) is 0 Å². The van der Waals surface area contributed by atoms with Crippen LogP contribution in [0.1, 0.15) is 26.2 Å². The molecule has 3 amide bonds. The predicted octanol–water partition coefficient (Wildman–Crippen LogP) is 1.09. The number of nitroso groups, excluding NO2 is 1. The van der Waals surface area contributed by atoms with Crippen LogP contribution in [-0.4, -0.2) is 71.9 Å². The van der Waals surface area contributed by atoms with Gasteiger partial charge in [0.15, 0.2) is 0 Å². The molecule has 1 unspecified atom stereocenters. The number of carbonyl (C=O) groups excluding carboxylic acids is 3. The van der Waals surface area contributed by atoms with Crippen LogP contribution >= 0.6 is 11.8 Å². The van der Waals surface area contributed by atoms with Crippen molar-refractivity contribution in [3.63, 3.8) is 0 Å². The number of primary amides is 1. The number of ether oxygens (including phenoxy) is 1. The van der Waals surface area contributed by atoms with E-state index in [1.54, 1.807) is 18.9 Å². The third-order valence-corrected chi connectivity index (χ3v) is 5.15. The molecule has 10 nitrogen and oxygen atoms in total. The van der Waals surface area contributed by atoms with Gasteiger partial charge in [0.25, 0.3) is 5.91 Å². The summed E-state index contributed by atoms with van der Waals surface area (Å²) in [5.41, 5.74) is 4.54. The standard InChI is InChI=1S/C13H20N2O3S.C2H5N3O2/c1-3-18-11(16)9-10-14(2)12(17)13(19-10)15-7-5-4-6-8-15;1-5(4-7)2(3)6/h9,13H,3-8H2,1-2H3;1H3,(H2,3,6). The van der Waals surface area contributed by atoms with E-state index in [1.165, 1.54) is 31.3 Å².